The molecular formula is C35H44ClN3O2S. The van der Waals surface area contributed by atoms with Crippen LogP contribution in [0.15, 0.2) is 30.5 Å². The number of fused-ring (bicyclic) bond motifs is 1. The second kappa shape index (κ2) is 12.5. The zero-order valence-corrected chi connectivity index (χ0v) is 26.5. The van der Waals surface area contributed by atoms with Crippen LogP contribution in [0.2, 0.25) is 5.02 Å². The van der Waals surface area contributed by atoms with Crippen molar-refractivity contribution in [3.63, 3.8) is 0 Å². The monoisotopic (exact) mass is 605 g/mol. The first-order valence-electron chi connectivity index (χ1n) is 16.3. The van der Waals surface area contributed by atoms with Gasteiger partial charge in [0.1, 0.15) is 11.9 Å². The predicted octanol–water partition coefficient (Wildman–Crippen LogP) is 8.50. The number of aryl methyl sites for hydroxylation is 1. The number of piperidine rings is 1. The fraction of sp³-hybridized carbons (Fsp3) is 0.600. The Morgan fingerprint density at radius 1 is 0.976 bits per heavy atom. The third-order valence-corrected chi connectivity index (χ3v) is 11.9. The number of carbonyl (C=O) groups excluding carboxylic acids is 1. The molecule has 224 valence electrons. The Morgan fingerprint density at radius 2 is 1.81 bits per heavy atom. The van der Waals surface area contributed by atoms with Gasteiger partial charge in [-0.25, -0.2) is 0 Å². The van der Waals surface area contributed by atoms with Crippen molar-refractivity contribution in [2.45, 2.75) is 90.2 Å². The molecule has 2 unspecified atom stereocenters. The summed E-state index contributed by atoms with van der Waals surface area (Å²) in [4.78, 5) is 22.8. The largest absolute Gasteiger partial charge is 0.489 e. The van der Waals surface area contributed by atoms with E-state index in [9.17, 15) is 4.79 Å². The Labute approximate surface area is 259 Å². The number of benzene rings is 1. The van der Waals surface area contributed by atoms with Gasteiger partial charge in [-0.2, -0.15) is 0 Å². The molecule has 5 nitrogen and oxygen atoms in total. The number of amides is 1. The van der Waals surface area contributed by atoms with Gasteiger partial charge in [0.15, 0.2) is 0 Å². The fourth-order valence-corrected chi connectivity index (χ4v) is 9.73. The SMILES string of the molecule is Cc1cc(Cl)cc(-c2ccnc3cc(CN4CCCC4=O)sc23)c1OC1CCN(CC2CCC(C3CCCC3)C2)CC1. The van der Waals surface area contributed by atoms with E-state index in [1.807, 2.05) is 17.2 Å². The van der Waals surface area contributed by atoms with E-state index in [0.717, 1.165) is 94.3 Å². The van der Waals surface area contributed by atoms with Crippen LogP contribution in [0.5, 0.6) is 5.75 Å². The topological polar surface area (TPSA) is 45.7 Å². The lowest BCUT2D eigenvalue weighted by atomic mass is 9.89. The molecule has 1 aromatic carbocycles. The number of nitrogens with zero attached hydrogens (tertiary/aromatic N) is 3. The van der Waals surface area contributed by atoms with Gasteiger partial charge in [0.05, 0.1) is 16.8 Å². The van der Waals surface area contributed by atoms with E-state index in [4.69, 9.17) is 16.3 Å². The van der Waals surface area contributed by atoms with Gasteiger partial charge in [0.2, 0.25) is 5.91 Å². The van der Waals surface area contributed by atoms with Gasteiger partial charge < -0.3 is 14.5 Å². The molecule has 3 aromatic rings. The third kappa shape index (κ3) is 6.09. The van der Waals surface area contributed by atoms with Gasteiger partial charge in [-0.3, -0.25) is 9.78 Å². The maximum atomic E-state index is 12.2. The first kappa shape index (κ1) is 28.6. The van der Waals surface area contributed by atoms with Gasteiger partial charge in [0, 0.05) is 59.8 Å². The fourth-order valence-electron chi connectivity index (χ4n) is 8.30. The normalized spacial score (nSPS) is 24.4. The predicted molar refractivity (Wildman–Crippen MR) is 172 cm³/mol. The lowest BCUT2D eigenvalue weighted by Crippen LogP contribution is -2.40. The van der Waals surface area contributed by atoms with Gasteiger partial charge in [-0.1, -0.05) is 37.3 Å². The summed E-state index contributed by atoms with van der Waals surface area (Å²) in [6, 6.07) is 8.30. The van der Waals surface area contributed by atoms with Crippen molar-refractivity contribution >= 4 is 39.1 Å². The molecule has 0 spiro atoms. The average molecular weight is 606 g/mol. The Morgan fingerprint density at radius 3 is 2.60 bits per heavy atom. The van der Waals surface area contributed by atoms with Crippen LogP contribution in [-0.4, -0.2) is 53.0 Å². The number of likely N-dealkylation sites (tertiary alicyclic amines) is 2. The highest BCUT2D eigenvalue weighted by Crippen LogP contribution is 2.44. The van der Waals surface area contributed by atoms with E-state index in [1.54, 1.807) is 11.3 Å². The van der Waals surface area contributed by atoms with Gasteiger partial charge >= 0.3 is 0 Å². The second-order valence-corrected chi connectivity index (χ2v) is 15.0. The Bertz CT molecular complexity index is 1430. The van der Waals surface area contributed by atoms with Crippen molar-refractivity contribution in [2.75, 3.05) is 26.2 Å². The molecule has 4 heterocycles. The summed E-state index contributed by atoms with van der Waals surface area (Å²) >= 11 is 8.37. The number of aromatic nitrogens is 1. The highest BCUT2D eigenvalue weighted by Gasteiger charge is 2.34. The molecule has 2 aromatic heterocycles. The molecule has 2 aliphatic heterocycles. The van der Waals surface area contributed by atoms with Crippen LogP contribution in [0, 0.1) is 24.7 Å². The molecule has 42 heavy (non-hydrogen) atoms. The number of hydrogen-bond donors (Lipinski definition) is 0. The first-order chi connectivity index (χ1) is 20.5. The molecule has 7 rings (SSSR count). The lowest BCUT2D eigenvalue weighted by molar-refractivity contribution is -0.128. The minimum Gasteiger partial charge on any atom is -0.489 e. The number of pyridine rings is 1. The van der Waals surface area contributed by atoms with Crippen molar-refractivity contribution in [3.8, 4) is 16.9 Å². The molecule has 7 heteroatoms. The summed E-state index contributed by atoms with van der Waals surface area (Å²) in [7, 11) is 0. The summed E-state index contributed by atoms with van der Waals surface area (Å²) in [6.45, 7) is 7.15. The average Bonchev–Trinajstić information content (AvgIpc) is 3.79. The van der Waals surface area contributed by atoms with E-state index in [0.29, 0.717) is 13.0 Å². The van der Waals surface area contributed by atoms with Crippen LogP contribution < -0.4 is 4.74 Å². The molecule has 2 saturated heterocycles. The highest BCUT2D eigenvalue weighted by molar-refractivity contribution is 7.19. The van der Waals surface area contributed by atoms with Crippen molar-refractivity contribution in [3.05, 3.63) is 45.9 Å². The van der Waals surface area contributed by atoms with Gasteiger partial charge in [0.25, 0.3) is 0 Å². The van der Waals surface area contributed by atoms with Gasteiger partial charge in [-0.05, 0) is 93.0 Å². The molecule has 2 saturated carbocycles. The Hall–Kier alpha value is -2.15. The quantitative estimate of drug-likeness (QED) is 0.258. The molecule has 0 radical (unpaired) electrons. The van der Waals surface area contributed by atoms with Crippen LogP contribution in [0.25, 0.3) is 21.3 Å². The zero-order chi connectivity index (χ0) is 28.6. The van der Waals surface area contributed by atoms with Crippen molar-refractivity contribution in [1.29, 1.82) is 0 Å². The lowest BCUT2D eigenvalue weighted by Gasteiger charge is -2.34. The molecule has 4 aliphatic rings. The number of ether oxygens (including phenoxy) is 1. The Balaban J connectivity index is 1.04. The maximum absolute atomic E-state index is 12.2. The summed E-state index contributed by atoms with van der Waals surface area (Å²) < 4.78 is 7.99. The summed E-state index contributed by atoms with van der Waals surface area (Å²) in [5.74, 6) is 4.13. The van der Waals surface area contributed by atoms with Crippen LogP contribution >= 0.6 is 22.9 Å². The van der Waals surface area contributed by atoms with E-state index in [1.165, 1.54) is 56.4 Å². The maximum Gasteiger partial charge on any atom is 0.222 e. The third-order valence-electron chi connectivity index (χ3n) is 10.5. The van der Waals surface area contributed by atoms with E-state index in [-0.39, 0.29) is 12.0 Å². The second-order valence-electron chi connectivity index (χ2n) is 13.4. The minimum absolute atomic E-state index is 0.215. The van der Waals surface area contributed by atoms with Crippen LogP contribution in [-0.2, 0) is 11.3 Å². The van der Waals surface area contributed by atoms with E-state index in [2.05, 4.69) is 35.0 Å². The highest BCUT2D eigenvalue weighted by atomic mass is 35.5. The minimum atomic E-state index is 0.215. The van der Waals surface area contributed by atoms with Crippen molar-refractivity contribution in [1.82, 2.24) is 14.8 Å². The number of thiophene rings is 1. The molecule has 2 aliphatic carbocycles. The number of halogens is 1. The van der Waals surface area contributed by atoms with Gasteiger partial charge in [-0.15, -0.1) is 11.3 Å². The number of carbonyl (C=O) groups is 1. The number of hydrogen-bond acceptors (Lipinski definition) is 5. The molecular weight excluding hydrogens is 562 g/mol. The van der Waals surface area contributed by atoms with E-state index >= 15 is 0 Å². The van der Waals surface area contributed by atoms with Crippen molar-refractivity contribution < 1.29 is 9.53 Å². The molecule has 4 fully saturated rings. The van der Waals surface area contributed by atoms with Crippen LogP contribution in [0.4, 0.5) is 0 Å². The molecule has 0 bridgehead atoms. The smallest absolute Gasteiger partial charge is 0.222 e. The van der Waals surface area contributed by atoms with E-state index < -0.39 is 0 Å². The number of rotatable bonds is 8. The molecule has 2 atom stereocenters. The molecule has 1 amide bonds. The standard InChI is InChI=1S/C35H44ClN3O2S/c1-23-17-27(36)19-31(30-10-13-37-32-20-29(42-35(30)32)22-39-14-4-7-33(39)40)34(23)41-28-11-15-38(16-12-28)21-24-8-9-26(18-24)25-5-2-3-6-25/h10,13,17,19-20,24-26,28H,2-9,11-12,14-16,18,21-22H2,1H3. The summed E-state index contributed by atoms with van der Waals surface area (Å²) in [5, 5.41) is 0.724. The van der Waals surface area contributed by atoms with Crippen LogP contribution in [0.3, 0.4) is 0 Å². The Kier molecular flexibility index (Phi) is 8.48. The molecule has 0 N–H and O–H groups in total. The van der Waals surface area contributed by atoms with Crippen molar-refractivity contribution in [2.24, 2.45) is 17.8 Å². The first-order valence-corrected chi connectivity index (χ1v) is 17.5. The zero-order valence-electron chi connectivity index (χ0n) is 25.0. The summed E-state index contributed by atoms with van der Waals surface area (Å²) in [6.07, 6.45) is 16.1. The van der Waals surface area contributed by atoms with Crippen LogP contribution in [0.1, 0.15) is 81.1 Å². The summed E-state index contributed by atoms with van der Waals surface area (Å²) in [5.41, 5.74) is 4.20.